The molecular weight excluding hydrogens is 346 g/mol. The molecule has 0 aliphatic carbocycles. The Morgan fingerprint density at radius 3 is 2.59 bits per heavy atom. The molecule has 3 aromatic rings. The third kappa shape index (κ3) is 2.99. The van der Waals surface area contributed by atoms with Crippen molar-refractivity contribution < 1.29 is 19.1 Å². The van der Waals surface area contributed by atoms with Crippen LogP contribution in [0, 0.1) is 13.8 Å². The molecule has 1 aliphatic rings. The topological polar surface area (TPSA) is 88.6 Å². The number of carbonyl (C=O) groups is 2. The number of aromatic nitrogens is 2. The number of aromatic carboxylic acids is 1. The van der Waals surface area contributed by atoms with E-state index in [0.717, 1.165) is 34.9 Å². The highest BCUT2D eigenvalue weighted by atomic mass is 16.4. The van der Waals surface area contributed by atoms with Crippen molar-refractivity contribution in [1.29, 1.82) is 0 Å². The van der Waals surface area contributed by atoms with Gasteiger partial charge in [-0.3, -0.25) is 9.48 Å². The van der Waals surface area contributed by atoms with E-state index in [4.69, 9.17) is 9.52 Å². The zero-order valence-electron chi connectivity index (χ0n) is 15.3. The van der Waals surface area contributed by atoms with Gasteiger partial charge in [0.2, 0.25) is 0 Å². The fourth-order valence-electron chi connectivity index (χ4n) is 3.71. The van der Waals surface area contributed by atoms with Crippen molar-refractivity contribution in [1.82, 2.24) is 14.7 Å². The smallest absolute Gasteiger partial charge is 0.338 e. The lowest BCUT2D eigenvalue weighted by Crippen LogP contribution is -2.39. The number of rotatable bonds is 3. The molecule has 0 bridgehead atoms. The fourth-order valence-corrected chi connectivity index (χ4v) is 3.71. The summed E-state index contributed by atoms with van der Waals surface area (Å²) >= 11 is 0. The van der Waals surface area contributed by atoms with Crippen molar-refractivity contribution in [2.75, 3.05) is 13.1 Å². The van der Waals surface area contributed by atoms with Crippen LogP contribution in [0.25, 0.3) is 11.0 Å². The molecule has 3 heterocycles. The van der Waals surface area contributed by atoms with E-state index in [1.54, 1.807) is 15.8 Å². The van der Waals surface area contributed by atoms with Gasteiger partial charge in [-0.1, -0.05) is 18.2 Å². The molecule has 0 spiro atoms. The highest BCUT2D eigenvalue weighted by Crippen LogP contribution is 2.30. The lowest BCUT2D eigenvalue weighted by atomic mass is 10.0. The lowest BCUT2D eigenvalue weighted by molar-refractivity contribution is 0.0659. The van der Waals surface area contributed by atoms with Crippen molar-refractivity contribution in [3.63, 3.8) is 0 Å². The van der Waals surface area contributed by atoms with Gasteiger partial charge in [0, 0.05) is 30.2 Å². The van der Waals surface area contributed by atoms with Crippen LogP contribution in [0.2, 0.25) is 0 Å². The maximum atomic E-state index is 13.0. The van der Waals surface area contributed by atoms with Crippen LogP contribution in [0.1, 0.15) is 50.9 Å². The summed E-state index contributed by atoms with van der Waals surface area (Å²) in [4.78, 5) is 25.8. The number of piperidine rings is 1. The summed E-state index contributed by atoms with van der Waals surface area (Å²) < 4.78 is 7.61. The van der Waals surface area contributed by atoms with Gasteiger partial charge >= 0.3 is 5.97 Å². The number of fused-ring (bicyclic) bond motifs is 1. The average molecular weight is 367 g/mol. The Labute approximate surface area is 156 Å². The standard InChI is InChI=1S/C20H21N3O4/c1-12-4-3-5-16-13(2)18(27-17(12)16)19(24)22-8-6-15(7-9-22)23-11-14(10-21-23)20(25)26/h3-5,10-11,15H,6-9H2,1-2H3,(H,25,26). The second-order valence-electron chi connectivity index (χ2n) is 7.05. The monoisotopic (exact) mass is 367 g/mol. The molecule has 0 unspecified atom stereocenters. The summed E-state index contributed by atoms with van der Waals surface area (Å²) in [7, 11) is 0. The minimum Gasteiger partial charge on any atom is -0.478 e. The minimum atomic E-state index is -0.982. The van der Waals surface area contributed by atoms with Gasteiger partial charge in [0.25, 0.3) is 5.91 Å². The molecular formula is C20H21N3O4. The van der Waals surface area contributed by atoms with E-state index in [-0.39, 0.29) is 17.5 Å². The number of para-hydroxylation sites is 1. The maximum Gasteiger partial charge on any atom is 0.338 e. The molecule has 1 saturated heterocycles. The molecule has 140 valence electrons. The molecule has 0 atom stereocenters. The van der Waals surface area contributed by atoms with Crippen LogP contribution in [-0.2, 0) is 0 Å². The lowest BCUT2D eigenvalue weighted by Gasteiger charge is -2.31. The second kappa shape index (κ2) is 6.57. The number of likely N-dealkylation sites (tertiary alicyclic amines) is 1. The van der Waals surface area contributed by atoms with Crippen molar-refractivity contribution in [3.05, 3.63) is 53.0 Å². The Morgan fingerprint density at radius 1 is 1.22 bits per heavy atom. The van der Waals surface area contributed by atoms with Crippen LogP contribution in [-0.4, -0.2) is 44.8 Å². The van der Waals surface area contributed by atoms with Gasteiger partial charge in [0.1, 0.15) is 5.58 Å². The number of hydrogen-bond donors (Lipinski definition) is 1. The van der Waals surface area contributed by atoms with E-state index in [2.05, 4.69) is 5.10 Å². The van der Waals surface area contributed by atoms with Crippen LogP contribution in [0.5, 0.6) is 0 Å². The van der Waals surface area contributed by atoms with Gasteiger partial charge in [0.15, 0.2) is 5.76 Å². The molecule has 1 aliphatic heterocycles. The summed E-state index contributed by atoms with van der Waals surface area (Å²) in [6, 6.07) is 6.01. The quantitative estimate of drug-likeness (QED) is 0.766. The average Bonchev–Trinajstić information content (AvgIpc) is 3.28. The number of hydrogen-bond acceptors (Lipinski definition) is 4. The van der Waals surface area contributed by atoms with Crippen LogP contribution in [0.15, 0.2) is 35.0 Å². The largest absolute Gasteiger partial charge is 0.478 e. The predicted molar refractivity (Wildman–Crippen MR) is 99.0 cm³/mol. The Morgan fingerprint density at radius 2 is 1.96 bits per heavy atom. The van der Waals surface area contributed by atoms with Crippen molar-refractivity contribution in [3.8, 4) is 0 Å². The molecule has 0 saturated carbocycles. The summed E-state index contributed by atoms with van der Waals surface area (Å²) in [6.07, 6.45) is 4.37. The van der Waals surface area contributed by atoms with E-state index in [0.29, 0.717) is 18.8 Å². The molecule has 0 radical (unpaired) electrons. The molecule has 27 heavy (non-hydrogen) atoms. The summed E-state index contributed by atoms with van der Waals surface area (Å²) in [5.41, 5.74) is 2.84. The van der Waals surface area contributed by atoms with E-state index in [1.165, 1.54) is 6.20 Å². The van der Waals surface area contributed by atoms with Gasteiger partial charge < -0.3 is 14.4 Å². The first kappa shape index (κ1) is 17.3. The number of furan rings is 1. The molecule has 7 nitrogen and oxygen atoms in total. The van der Waals surface area contributed by atoms with Crippen LogP contribution >= 0.6 is 0 Å². The minimum absolute atomic E-state index is 0.0896. The Hall–Kier alpha value is -3.09. The maximum absolute atomic E-state index is 13.0. The number of amides is 1. The zero-order valence-corrected chi connectivity index (χ0v) is 15.3. The molecule has 1 fully saturated rings. The van der Waals surface area contributed by atoms with E-state index < -0.39 is 5.97 Å². The zero-order chi connectivity index (χ0) is 19.1. The van der Waals surface area contributed by atoms with Gasteiger partial charge in [-0.25, -0.2) is 4.79 Å². The number of benzene rings is 1. The van der Waals surface area contributed by atoms with Crippen LogP contribution in [0.4, 0.5) is 0 Å². The first-order valence-corrected chi connectivity index (χ1v) is 9.01. The van der Waals surface area contributed by atoms with Crippen molar-refractivity contribution >= 4 is 22.8 Å². The van der Waals surface area contributed by atoms with E-state index in [9.17, 15) is 9.59 Å². The summed E-state index contributed by atoms with van der Waals surface area (Å²) in [5.74, 6) is -0.664. The highest BCUT2D eigenvalue weighted by Gasteiger charge is 2.29. The number of nitrogens with zero attached hydrogens (tertiary/aromatic N) is 3. The molecule has 1 N–H and O–H groups in total. The second-order valence-corrected chi connectivity index (χ2v) is 7.05. The normalized spacial score (nSPS) is 15.4. The van der Waals surface area contributed by atoms with Crippen LogP contribution < -0.4 is 0 Å². The first-order chi connectivity index (χ1) is 13.0. The molecule has 1 aromatic carbocycles. The summed E-state index contributed by atoms with van der Waals surface area (Å²) in [6.45, 7) is 5.06. The van der Waals surface area contributed by atoms with Crippen molar-refractivity contribution in [2.24, 2.45) is 0 Å². The number of carboxylic acids is 1. The molecule has 1 amide bonds. The predicted octanol–water partition coefficient (Wildman–Crippen LogP) is 3.42. The fraction of sp³-hybridized carbons (Fsp3) is 0.350. The van der Waals surface area contributed by atoms with Gasteiger partial charge in [0.05, 0.1) is 17.8 Å². The van der Waals surface area contributed by atoms with Gasteiger partial charge in [-0.05, 0) is 32.3 Å². The van der Waals surface area contributed by atoms with Crippen molar-refractivity contribution in [2.45, 2.75) is 32.7 Å². The SMILES string of the molecule is Cc1c(C(=O)N2CCC(n3cc(C(=O)O)cn3)CC2)oc2c(C)cccc12. The molecule has 4 rings (SSSR count). The van der Waals surface area contributed by atoms with Gasteiger partial charge in [-0.15, -0.1) is 0 Å². The molecule has 7 heteroatoms. The Kier molecular flexibility index (Phi) is 4.22. The number of carbonyl (C=O) groups excluding carboxylic acids is 1. The molecule has 2 aromatic heterocycles. The summed E-state index contributed by atoms with van der Waals surface area (Å²) in [5, 5.41) is 14.2. The number of carboxylic acid groups (broad SMARTS) is 1. The Balaban J connectivity index is 1.49. The van der Waals surface area contributed by atoms with Crippen LogP contribution in [0.3, 0.4) is 0 Å². The Bertz CT molecular complexity index is 1030. The third-order valence-corrected chi connectivity index (χ3v) is 5.33. The highest BCUT2D eigenvalue weighted by molar-refractivity contribution is 5.99. The van der Waals surface area contributed by atoms with E-state index >= 15 is 0 Å². The van der Waals surface area contributed by atoms with E-state index in [1.807, 2.05) is 32.0 Å². The number of aryl methyl sites for hydroxylation is 2. The first-order valence-electron chi connectivity index (χ1n) is 9.01. The third-order valence-electron chi connectivity index (χ3n) is 5.33. The van der Waals surface area contributed by atoms with Gasteiger partial charge in [-0.2, -0.15) is 5.10 Å².